The van der Waals surface area contributed by atoms with Gasteiger partial charge >= 0.3 is 0 Å². The van der Waals surface area contributed by atoms with Gasteiger partial charge in [0.05, 0.1) is 12.6 Å². The van der Waals surface area contributed by atoms with E-state index >= 15 is 0 Å². The standard InChI is InChI=1S/C27H37N3O/c1-20-24-12-8-9-13-25(24)30(19-23(31)18-28-2)26(20)21-14-16-27(17-15-21,29(3)4)22-10-6-5-7-11-22/h5-13,21,23,28,31H,14-19H2,1-4H3. The molecule has 0 amide bonds. The number of para-hydroxylation sites is 1. The second-order valence-corrected chi connectivity index (χ2v) is 9.42. The number of benzene rings is 2. The normalized spacial score (nSPS) is 22.8. The molecule has 4 heteroatoms. The van der Waals surface area contributed by atoms with E-state index in [2.05, 4.69) is 90.4 Å². The predicted octanol–water partition coefficient (Wildman–Crippen LogP) is 4.64. The molecule has 0 spiro atoms. The topological polar surface area (TPSA) is 40.4 Å². The lowest BCUT2D eigenvalue weighted by Gasteiger charge is -2.46. The third-order valence-electron chi connectivity index (χ3n) is 7.47. The molecule has 1 aromatic heterocycles. The minimum atomic E-state index is -0.396. The van der Waals surface area contributed by atoms with Crippen molar-refractivity contribution >= 4 is 10.9 Å². The summed E-state index contributed by atoms with van der Waals surface area (Å²) in [5.41, 5.74) is 5.60. The summed E-state index contributed by atoms with van der Waals surface area (Å²) in [5, 5.41) is 15.0. The summed E-state index contributed by atoms with van der Waals surface area (Å²) in [7, 11) is 6.35. The summed E-state index contributed by atoms with van der Waals surface area (Å²) in [6.45, 7) is 3.51. The van der Waals surface area contributed by atoms with Crippen LogP contribution in [0.3, 0.4) is 0 Å². The zero-order valence-corrected chi connectivity index (χ0v) is 19.4. The molecule has 1 saturated carbocycles. The molecule has 2 N–H and O–H groups in total. The number of hydrogen-bond donors (Lipinski definition) is 2. The Morgan fingerprint density at radius 2 is 1.71 bits per heavy atom. The first-order valence-electron chi connectivity index (χ1n) is 11.6. The lowest BCUT2D eigenvalue weighted by Crippen LogP contribution is -2.44. The van der Waals surface area contributed by atoms with Gasteiger partial charge in [-0.2, -0.15) is 0 Å². The summed E-state index contributed by atoms with van der Waals surface area (Å²) < 4.78 is 2.41. The maximum atomic E-state index is 10.6. The number of nitrogens with zero attached hydrogens (tertiary/aromatic N) is 2. The summed E-state index contributed by atoms with van der Waals surface area (Å²) in [4.78, 5) is 2.43. The molecule has 2 aromatic carbocycles. The Kier molecular flexibility index (Phi) is 6.52. The van der Waals surface area contributed by atoms with E-state index in [0.717, 1.165) is 25.7 Å². The molecule has 1 unspecified atom stereocenters. The Morgan fingerprint density at radius 1 is 1.06 bits per heavy atom. The molecule has 3 aromatic rings. The number of aryl methyl sites for hydroxylation is 1. The van der Waals surface area contributed by atoms with Gasteiger partial charge in [-0.15, -0.1) is 0 Å². The second-order valence-electron chi connectivity index (χ2n) is 9.42. The van der Waals surface area contributed by atoms with Crippen LogP contribution >= 0.6 is 0 Å². The molecular weight excluding hydrogens is 382 g/mol. The molecule has 1 aliphatic rings. The highest BCUT2D eigenvalue weighted by molar-refractivity contribution is 5.85. The van der Waals surface area contributed by atoms with Crippen LogP contribution in [-0.4, -0.2) is 48.4 Å². The maximum Gasteiger partial charge on any atom is 0.0843 e. The van der Waals surface area contributed by atoms with Gasteiger partial charge in [-0.1, -0.05) is 48.5 Å². The highest BCUT2D eigenvalue weighted by Gasteiger charge is 2.40. The molecular formula is C27H37N3O. The number of nitrogens with one attached hydrogen (secondary N) is 1. The van der Waals surface area contributed by atoms with Crippen LogP contribution in [0.25, 0.3) is 10.9 Å². The minimum Gasteiger partial charge on any atom is -0.390 e. The van der Waals surface area contributed by atoms with Gasteiger partial charge in [-0.3, -0.25) is 4.90 Å². The molecule has 4 nitrogen and oxygen atoms in total. The average molecular weight is 420 g/mol. The number of hydrogen-bond acceptors (Lipinski definition) is 3. The van der Waals surface area contributed by atoms with Gasteiger partial charge in [0, 0.05) is 28.7 Å². The van der Waals surface area contributed by atoms with Crippen LogP contribution < -0.4 is 5.32 Å². The van der Waals surface area contributed by atoms with E-state index in [4.69, 9.17) is 0 Å². The van der Waals surface area contributed by atoms with Crippen LogP contribution in [0.4, 0.5) is 0 Å². The SMILES string of the molecule is CNCC(O)Cn1c(C2CCC(c3ccccc3)(N(C)C)CC2)c(C)c2ccccc21. The monoisotopic (exact) mass is 419 g/mol. The van der Waals surface area contributed by atoms with E-state index in [1.165, 1.54) is 27.7 Å². The third kappa shape index (κ3) is 4.05. The smallest absolute Gasteiger partial charge is 0.0843 e. The molecule has 0 bridgehead atoms. The lowest BCUT2D eigenvalue weighted by molar-refractivity contribution is 0.0890. The molecule has 1 aliphatic carbocycles. The van der Waals surface area contributed by atoms with Gasteiger partial charge in [0.2, 0.25) is 0 Å². The Hall–Kier alpha value is -2.14. The van der Waals surface area contributed by atoms with Gasteiger partial charge in [-0.25, -0.2) is 0 Å². The zero-order chi connectivity index (χ0) is 22.0. The molecule has 0 radical (unpaired) electrons. The van der Waals surface area contributed by atoms with Crippen LogP contribution in [0.15, 0.2) is 54.6 Å². The predicted molar refractivity (Wildman–Crippen MR) is 130 cm³/mol. The van der Waals surface area contributed by atoms with Crippen LogP contribution in [0.2, 0.25) is 0 Å². The number of aromatic nitrogens is 1. The Morgan fingerprint density at radius 3 is 2.35 bits per heavy atom. The fourth-order valence-corrected chi connectivity index (χ4v) is 5.84. The fourth-order valence-electron chi connectivity index (χ4n) is 5.84. The van der Waals surface area contributed by atoms with Crippen LogP contribution in [-0.2, 0) is 12.1 Å². The van der Waals surface area contributed by atoms with E-state index in [1.807, 2.05) is 7.05 Å². The Balaban J connectivity index is 1.68. The lowest BCUT2D eigenvalue weighted by atomic mass is 9.71. The van der Waals surface area contributed by atoms with Gasteiger partial charge in [-0.05, 0) is 76.9 Å². The minimum absolute atomic E-state index is 0.105. The summed E-state index contributed by atoms with van der Waals surface area (Å²) in [5.74, 6) is 0.519. The molecule has 31 heavy (non-hydrogen) atoms. The number of fused-ring (bicyclic) bond motifs is 1. The van der Waals surface area contributed by atoms with Crippen molar-refractivity contribution in [2.45, 2.75) is 56.7 Å². The molecule has 0 saturated heterocycles. The van der Waals surface area contributed by atoms with E-state index in [9.17, 15) is 5.11 Å². The molecule has 166 valence electrons. The van der Waals surface area contributed by atoms with E-state index < -0.39 is 6.10 Å². The quantitative estimate of drug-likeness (QED) is 0.586. The first-order chi connectivity index (χ1) is 15.0. The van der Waals surface area contributed by atoms with E-state index in [1.54, 1.807) is 0 Å². The summed E-state index contributed by atoms with van der Waals surface area (Å²) in [6.07, 6.45) is 4.22. The number of aliphatic hydroxyl groups excluding tert-OH is 1. The third-order valence-corrected chi connectivity index (χ3v) is 7.47. The highest BCUT2D eigenvalue weighted by Crippen LogP contribution is 2.47. The van der Waals surface area contributed by atoms with Crippen molar-refractivity contribution in [3.05, 3.63) is 71.4 Å². The van der Waals surface area contributed by atoms with E-state index in [-0.39, 0.29) is 5.54 Å². The van der Waals surface area contributed by atoms with Crippen LogP contribution in [0.5, 0.6) is 0 Å². The van der Waals surface area contributed by atoms with Gasteiger partial charge < -0.3 is 15.0 Å². The van der Waals surface area contributed by atoms with Gasteiger partial charge in [0.15, 0.2) is 0 Å². The fraction of sp³-hybridized carbons (Fsp3) is 0.481. The first kappa shape index (κ1) is 22.1. The number of likely N-dealkylation sites (N-methyl/N-ethyl adjacent to an activating group) is 1. The molecule has 4 rings (SSSR count). The molecule has 0 aliphatic heterocycles. The van der Waals surface area contributed by atoms with Crippen LogP contribution in [0, 0.1) is 6.92 Å². The van der Waals surface area contributed by atoms with Crippen molar-refractivity contribution in [2.75, 3.05) is 27.7 Å². The van der Waals surface area contributed by atoms with Crippen LogP contribution in [0.1, 0.15) is 48.4 Å². The summed E-state index contributed by atoms with van der Waals surface area (Å²) in [6, 6.07) is 19.7. The van der Waals surface area contributed by atoms with Gasteiger partial charge in [0.25, 0.3) is 0 Å². The average Bonchev–Trinajstić information content (AvgIpc) is 3.06. The highest BCUT2D eigenvalue weighted by atomic mass is 16.3. The van der Waals surface area contributed by atoms with E-state index in [0.29, 0.717) is 19.0 Å². The molecule has 1 atom stereocenters. The first-order valence-corrected chi connectivity index (χ1v) is 11.6. The molecule has 1 heterocycles. The van der Waals surface area contributed by atoms with Crippen molar-refractivity contribution < 1.29 is 5.11 Å². The molecule has 1 fully saturated rings. The number of aliphatic hydroxyl groups is 1. The zero-order valence-electron chi connectivity index (χ0n) is 19.4. The van der Waals surface area contributed by atoms with Crippen molar-refractivity contribution in [3.63, 3.8) is 0 Å². The van der Waals surface area contributed by atoms with Crippen molar-refractivity contribution in [3.8, 4) is 0 Å². The second kappa shape index (κ2) is 9.15. The van der Waals surface area contributed by atoms with Crippen molar-refractivity contribution in [1.82, 2.24) is 14.8 Å². The largest absolute Gasteiger partial charge is 0.390 e. The number of rotatable bonds is 7. The van der Waals surface area contributed by atoms with Gasteiger partial charge in [0.1, 0.15) is 0 Å². The van der Waals surface area contributed by atoms with Crippen molar-refractivity contribution in [2.24, 2.45) is 0 Å². The summed E-state index contributed by atoms with van der Waals surface area (Å²) >= 11 is 0. The maximum absolute atomic E-state index is 10.6. The Bertz CT molecular complexity index is 1000. The van der Waals surface area contributed by atoms with Crippen molar-refractivity contribution in [1.29, 1.82) is 0 Å². The Labute approximate surface area is 186 Å².